The Balaban J connectivity index is -0.000000138. The van der Waals surface area contributed by atoms with E-state index in [1.54, 1.807) is 0 Å². The van der Waals surface area contributed by atoms with Crippen molar-refractivity contribution < 1.29 is 0 Å². The fraction of sp³-hybridized carbons (Fsp3) is 0.800. The van der Waals surface area contributed by atoms with E-state index < -0.39 is 0 Å². The highest BCUT2D eigenvalue weighted by molar-refractivity contribution is 5.83. The van der Waals surface area contributed by atoms with E-state index in [0.29, 0.717) is 0 Å². The van der Waals surface area contributed by atoms with Gasteiger partial charge in [-0.2, -0.15) is 10.2 Å². The molecule has 0 N–H and O–H groups in total. The number of hydrazone groups is 2. The molecule has 3 aliphatic rings. The van der Waals surface area contributed by atoms with E-state index in [1.165, 1.54) is 86.9 Å². The van der Waals surface area contributed by atoms with Gasteiger partial charge in [-0.15, -0.1) is 11.8 Å². The molecule has 0 saturated heterocycles. The van der Waals surface area contributed by atoms with Gasteiger partial charge in [0, 0.05) is 57.9 Å². The molecule has 2 heterocycles. The topological polar surface area (TPSA) is 34.4 Å². The molecule has 5 nitrogen and oxygen atoms in total. The molecule has 268 valence electrons. The third-order valence-corrected chi connectivity index (χ3v) is 6.27. The number of rotatable bonds is 6. The minimum Gasteiger partial charge on any atom is -0.309 e. The molecular weight excluding hydrogens is 550 g/mol. The molecule has 0 bridgehead atoms. The SMILES string of the molecule is CC.CC#CCCC.CC1=CC=C(C)CC1.CC1=NN(C)CC1.CC1=NN(C)CC1.CCCC.CCCCC.CCCN(C)C. The summed E-state index contributed by atoms with van der Waals surface area (Å²) in [5, 5.41) is 12.2. The summed E-state index contributed by atoms with van der Waals surface area (Å²) in [6, 6.07) is 0. The van der Waals surface area contributed by atoms with Gasteiger partial charge in [0.15, 0.2) is 0 Å². The van der Waals surface area contributed by atoms with Crippen molar-refractivity contribution in [3.05, 3.63) is 23.3 Å². The summed E-state index contributed by atoms with van der Waals surface area (Å²) >= 11 is 0. The van der Waals surface area contributed by atoms with Crippen LogP contribution in [0.5, 0.6) is 0 Å². The Labute approximate surface area is 286 Å². The molecule has 2 aliphatic heterocycles. The third-order valence-electron chi connectivity index (χ3n) is 6.27. The largest absolute Gasteiger partial charge is 0.309 e. The lowest BCUT2D eigenvalue weighted by Crippen LogP contribution is -2.11. The Hall–Kier alpha value is -2.06. The lowest BCUT2D eigenvalue weighted by Gasteiger charge is -2.05. The van der Waals surface area contributed by atoms with Gasteiger partial charge in [-0.3, -0.25) is 10.0 Å². The van der Waals surface area contributed by atoms with E-state index in [-0.39, 0.29) is 0 Å². The van der Waals surface area contributed by atoms with Crippen molar-refractivity contribution in [2.45, 2.75) is 167 Å². The van der Waals surface area contributed by atoms with Crippen molar-refractivity contribution in [3.8, 4) is 11.8 Å². The zero-order chi connectivity index (χ0) is 35.9. The Morgan fingerprint density at radius 3 is 1.13 bits per heavy atom. The second-order valence-corrected chi connectivity index (χ2v) is 11.8. The van der Waals surface area contributed by atoms with Crippen molar-refractivity contribution in [3.63, 3.8) is 0 Å². The molecule has 0 aromatic rings. The number of nitrogens with zero attached hydrogens (tertiary/aromatic N) is 5. The average molecular weight is 634 g/mol. The van der Waals surface area contributed by atoms with Crippen LogP contribution in [0.25, 0.3) is 0 Å². The van der Waals surface area contributed by atoms with Crippen LogP contribution in [0.4, 0.5) is 0 Å². The van der Waals surface area contributed by atoms with E-state index in [2.05, 4.69) is 122 Å². The summed E-state index contributed by atoms with van der Waals surface area (Å²) in [6.45, 7) is 30.9. The minimum absolute atomic E-state index is 1.05. The smallest absolute Gasteiger partial charge is 0.0409 e. The first-order chi connectivity index (χ1) is 21.4. The summed E-state index contributed by atoms with van der Waals surface area (Å²) in [5.74, 6) is 5.77. The molecule has 0 fully saturated rings. The quantitative estimate of drug-likeness (QED) is 0.273. The van der Waals surface area contributed by atoms with Gasteiger partial charge in [-0.25, -0.2) is 0 Å². The van der Waals surface area contributed by atoms with Gasteiger partial charge in [0.25, 0.3) is 0 Å². The van der Waals surface area contributed by atoms with Crippen molar-refractivity contribution in [1.82, 2.24) is 14.9 Å². The lowest BCUT2D eigenvalue weighted by atomic mass is 10.0. The van der Waals surface area contributed by atoms with E-state index in [1.807, 2.05) is 44.9 Å². The van der Waals surface area contributed by atoms with Crippen LogP contribution in [0.3, 0.4) is 0 Å². The van der Waals surface area contributed by atoms with E-state index >= 15 is 0 Å². The van der Waals surface area contributed by atoms with Crippen LogP contribution < -0.4 is 0 Å². The highest BCUT2D eigenvalue weighted by Crippen LogP contribution is 2.16. The molecule has 0 aromatic heterocycles. The average Bonchev–Trinajstić information content (AvgIpc) is 3.60. The molecule has 45 heavy (non-hydrogen) atoms. The molecule has 0 saturated carbocycles. The van der Waals surface area contributed by atoms with E-state index in [0.717, 1.165) is 32.4 Å². The predicted octanol–water partition coefficient (Wildman–Crippen LogP) is 11.9. The Morgan fingerprint density at radius 2 is 1.04 bits per heavy atom. The Kier molecular flexibility index (Phi) is 51.4. The molecule has 0 radical (unpaired) electrons. The first-order valence-corrected chi connectivity index (χ1v) is 18.3. The summed E-state index contributed by atoms with van der Waals surface area (Å²) in [5.41, 5.74) is 5.52. The fourth-order valence-corrected chi connectivity index (χ4v) is 3.33. The van der Waals surface area contributed by atoms with Crippen LogP contribution >= 0.6 is 0 Å². The molecule has 0 aromatic carbocycles. The van der Waals surface area contributed by atoms with Gasteiger partial charge >= 0.3 is 0 Å². The number of allylic oxidation sites excluding steroid dienone is 4. The second-order valence-electron chi connectivity index (χ2n) is 11.8. The number of unbranched alkanes of at least 4 members (excludes halogenated alkanes) is 4. The third kappa shape index (κ3) is 54.8. The summed E-state index contributed by atoms with van der Waals surface area (Å²) in [7, 11) is 8.17. The molecule has 0 atom stereocenters. The molecule has 1 aliphatic carbocycles. The predicted molar refractivity (Wildman–Crippen MR) is 212 cm³/mol. The van der Waals surface area contributed by atoms with E-state index in [4.69, 9.17) is 0 Å². The number of hydrogen-bond donors (Lipinski definition) is 0. The van der Waals surface area contributed by atoms with Gasteiger partial charge in [-0.05, 0) is 80.9 Å². The van der Waals surface area contributed by atoms with E-state index in [9.17, 15) is 0 Å². The maximum atomic E-state index is 4.14. The normalized spacial score (nSPS) is 13.7. The van der Waals surface area contributed by atoms with Gasteiger partial charge in [-0.1, -0.05) is 111 Å². The lowest BCUT2D eigenvalue weighted by molar-refractivity contribution is 0.393. The Bertz CT molecular complexity index is 717. The van der Waals surface area contributed by atoms with Crippen LogP contribution in [0.2, 0.25) is 0 Å². The second kappa shape index (κ2) is 44.1. The molecule has 0 amide bonds. The van der Waals surface area contributed by atoms with Gasteiger partial charge in [0.2, 0.25) is 0 Å². The monoisotopic (exact) mass is 634 g/mol. The molecule has 0 unspecified atom stereocenters. The minimum atomic E-state index is 1.05. The maximum absolute atomic E-state index is 4.14. The highest BCUT2D eigenvalue weighted by Gasteiger charge is 2.04. The van der Waals surface area contributed by atoms with Crippen molar-refractivity contribution in [1.29, 1.82) is 0 Å². The van der Waals surface area contributed by atoms with Gasteiger partial charge < -0.3 is 4.90 Å². The van der Waals surface area contributed by atoms with Crippen LogP contribution in [0, 0.1) is 11.8 Å². The summed E-state index contributed by atoms with van der Waals surface area (Å²) in [4.78, 5) is 2.18. The Morgan fingerprint density at radius 1 is 0.644 bits per heavy atom. The van der Waals surface area contributed by atoms with Gasteiger partial charge in [0.05, 0.1) is 0 Å². The van der Waals surface area contributed by atoms with Crippen LogP contribution in [0.15, 0.2) is 33.5 Å². The van der Waals surface area contributed by atoms with Crippen molar-refractivity contribution >= 4 is 11.4 Å². The highest BCUT2D eigenvalue weighted by atomic mass is 15.5. The molecule has 5 heteroatoms. The van der Waals surface area contributed by atoms with Crippen LogP contribution in [-0.2, 0) is 0 Å². The maximum Gasteiger partial charge on any atom is 0.0409 e. The number of hydrogen-bond acceptors (Lipinski definition) is 5. The zero-order valence-electron chi connectivity index (χ0n) is 34.0. The molecule has 3 rings (SSSR count). The molecular formula is C40H83N5. The fourth-order valence-electron chi connectivity index (χ4n) is 3.33. The van der Waals surface area contributed by atoms with Crippen LogP contribution in [0.1, 0.15) is 167 Å². The summed E-state index contributed by atoms with van der Waals surface area (Å²) < 4.78 is 0. The van der Waals surface area contributed by atoms with Crippen molar-refractivity contribution in [2.75, 3.05) is 47.8 Å². The first kappa shape index (κ1) is 52.5. The van der Waals surface area contributed by atoms with Crippen LogP contribution in [-0.4, -0.2) is 74.2 Å². The van der Waals surface area contributed by atoms with Gasteiger partial charge in [0.1, 0.15) is 0 Å². The first-order valence-electron chi connectivity index (χ1n) is 18.3. The standard InChI is InChI=1S/C8H12.C6H10.2C5H10N2.C5H13N.C5H12.C4H10.C2H6/c1-7-3-5-8(2)6-4-7;1-3-5-6-4-2;2*1-5-3-4-7(2)6-5;1-4-5-6(2)3;1-3-5-4-2;1-3-4-2;1-2/h3,5H,4,6H2,1-2H3;3,5H2,1-2H3;2*3-4H2,1-2H3;4-5H2,1-3H3;3-5H2,1-2H3;3-4H2,1-2H3;1-2H3. The van der Waals surface area contributed by atoms with Crippen molar-refractivity contribution in [2.24, 2.45) is 10.2 Å². The molecule has 0 spiro atoms. The summed E-state index contributed by atoms with van der Waals surface area (Å²) in [6.07, 6.45) is 19.5. The zero-order valence-corrected chi connectivity index (χ0v) is 34.0.